The van der Waals surface area contributed by atoms with Crippen LogP contribution in [0.2, 0.25) is 0 Å². The minimum atomic E-state index is -0.264. The summed E-state index contributed by atoms with van der Waals surface area (Å²) in [6.07, 6.45) is 1.61. The fraction of sp³-hybridized carbons (Fsp3) is 0.188. The Hall–Kier alpha value is -2.69. The molecule has 2 aromatic rings. The summed E-state index contributed by atoms with van der Waals surface area (Å²) in [5.74, 6) is 0.334. The number of carbonyl (C=O) groups is 1. The third kappa shape index (κ3) is 4.14. The molecule has 0 fully saturated rings. The molecule has 0 saturated heterocycles. The molecule has 0 bridgehead atoms. The number of carbonyl (C=O) groups excluding carboxylic acids is 1. The van der Waals surface area contributed by atoms with Gasteiger partial charge in [-0.3, -0.25) is 4.79 Å². The molecule has 2 rings (SSSR count). The van der Waals surface area contributed by atoms with Crippen LogP contribution < -0.4 is 10.6 Å². The van der Waals surface area contributed by atoms with Crippen LogP contribution in [0.1, 0.15) is 21.6 Å². The lowest BCUT2D eigenvalue weighted by atomic mass is 10.1. The highest BCUT2D eigenvalue weighted by molar-refractivity contribution is 5.92. The first-order valence-electron chi connectivity index (χ1n) is 6.66. The van der Waals surface area contributed by atoms with Gasteiger partial charge in [-0.15, -0.1) is 16.8 Å². The number of nitrogens with one attached hydrogen (secondary N) is 2. The van der Waals surface area contributed by atoms with E-state index in [1.54, 1.807) is 18.2 Å². The molecule has 1 aromatic carbocycles. The van der Waals surface area contributed by atoms with Crippen molar-refractivity contribution in [1.29, 1.82) is 0 Å². The lowest BCUT2D eigenvalue weighted by Crippen LogP contribution is -2.24. The minimum absolute atomic E-state index is 0.264. The van der Waals surface area contributed by atoms with Gasteiger partial charge in [-0.1, -0.05) is 12.1 Å². The van der Waals surface area contributed by atoms with E-state index in [4.69, 9.17) is 0 Å². The standard InChI is InChI=1S/C16H18N4O/c1-4-7-17-16(21)14-5-6-15(20-19-14)18-13-9-11(2)8-12(3)10-13/h4-6,8-10H,1,7H2,2-3H3,(H,17,21)(H,18,20). The lowest BCUT2D eigenvalue weighted by Gasteiger charge is -2.08. The number of hydrogen-bond acceptors (Lipinski definition) is 4. The van der Waals surface area contributed by atoms with Crippen molar-refractivity contribution in [2.24, 2.45) is 0 Å². The third-order valence-corrected chi connectivity index (χ3v) is 2.80. The molecule has 1 heterocycles. The largest absolute Gasteiger partial charge is 0.347 e. The SMILES string of the molecule is C=CCNC(=O)c1ccc(Nc2cc(C)cc(C)c2)nn1. The molecule has 2 N–H and O–H groups in total. The Bertz CT molecular complexity index is 630. The van der Waals surface area contributed by atoms with Crippen LogP contribution in [-0.2, 0) is 0 Å². The maximum atomic E-state index is 11.7. The predicted octanol–water partition coefficient (Wildman–Crippen LogP) is 2.75. The van der Waals surface area contributed by atoms with Crippen molar-refractivity contribution in [1.82, 2.24) is 15.5 Å². The number of aromatic nitrogens is 2. The third-order valence-electron chi connectivity index (χ3n) is 2.80. The molecule has 1 aromatic heterocycles. The quantitative estimate of drug-likeness (QED) is 0.827. The summed E-state index contributed by atoms with van der Waals surface area (Å²) >= 11 is 0. The van der Waals surface area contributed by atoms with E-state index in [0.29, 0.717) is 12.4 Å². The monoisotopic (exact) mass is 282 g/mol. The first-order chi connectivity index (χ1) is 10.1. The van der Waals surface area contributed by atoms with Gasteiger partial charge >= 0.3 is 0 Å². The molecule has 0 radical (unpaired) electrons. The summed E-state index contributed by atoms with van der Waals surface area (Å²) in [6, 6.07) is 9.52. The highest BCUT2D eigenvalue weighted by atomic mass is 16.1. The first kappa shape index (κ1) is 14.7. The molecule has 0 atom stereocenters. The van der Waals surface area contributed by atoms with E-state index in [-0.39, 0.29) is 11.6 Å². The molecule has 0 saturated carbocycles. The maximum absolute atomic E-state index is 11.7. The zero-order valence-corrected chi connectivity index (χ0v) is 12.2. The van der Waals surface area contributed by atoms with Crippen molar-refractivity contribution in [2.45, 2.75) is 13.8 Å². The summed E-state index contributed by atoms with van der Waals surface area (Å²) in [7, 11) is 0. The maximum Gasteiger partial charge on any atom is 0.272 e. The van der Waals surface area contributed by atoms with E-state index in [2.05, 4.69) is 33.5 Å². The summed E-state index contributed by atoms with van der Waals surface area (Å²) < 4.78 is 0. The van der Waals surface area contributed by atoms with Gasteiger partial charge in [0, 0.05) is 12.2 Å². The van der Waals surface area contributed by atoms with Crippen molar-refractivity contribution < 1.29 is 4.79 Å². The fourth-order valence-electron chi connectivity index (χ4n) is 1.97. The van der Waals surface area contributed by atoms with Gasteiger partial charge < -0.3 is 10.6 Å². The van der Waals surface area contributed by atoms with Crippen LogP contribution >= 0.6 is 0 Å². The normalized spacial score (nSPS) is 10.0. The van der Waals surface area contributed by atoms with Gasteiger partial charge in [0.25, 0.3) is 5.91 Å². The number of aryl methyl sites for hydroxylation is 2. The van der Waals surface area contributed by atoms with E-state index in [9.17, 15) is 4.79 Å². The molecule has 0 spiro atoms. The molecule has 0 aliphatic carbocycles. The average molecular weight is 282 g/mol. The van der Waals surface area contributed by atoms with E-state index in [0.717, 1.165) is 5.69 Å². The number of hydrogen-bond donors (Lipinski definition) is 2. The lowest BCUT2D eigenvalue weighted by molar-refractivity contribution is 0.0952. The summed E-state index contributed by atoms with van der Waals surface area (Å²) in [6.45, 7) is 8.02. The highest BCUT2D eigenvalue weighted by Gasteiger charge is 2.07. The van der Waals surface area contributed by atoms with Crippen LogP contribution in [-0.4, -0.2) is 22.6 Å². The Labute approximate surface area is 124 Å². The van der Waals surface area contributed by atoms with Crippen molar-refractivity contribution in [3.05, 3.63) is 59.8 Å². The van der Waals surface area contributed by atoms with Gasteiger partial charge in [0.05, 0.1) is 0 Å². The number of benzene rings is 1. The second kappa shape index (κ2) is 6.65. The van der Waals surface area contributed by atoms with Crippen molar-refractivity contribution >= 4 is 17.4 Å². The number of nitrogens with zero attached hydrogens (tertiary/aromatic N) is 2. The van der Waals surface area contributed by atoms with Gasteiger partial charge in [0.15, 0.2) is 11.5 Å². The summed E-state index contributed by atoms with van der Waals surface area (Å²) in [5.41, 5.74) is 3.57. The van der Waals surface area contributed by atoms with E-state index in [1.165, 1.54) is 11.1 Å². The highest BCUT2D eigenvalue weighted by Crippen LogP contribution is 2.17. The topological polar surface area (TPSA) is 66.9 Å². The predicted molar refractivity (Wildman–Crippen MR) is 83.8 cm³/mol. The zero-order chi connectivity index (χ0) is 15.2. The Balaban J connectivity index is 2.08. The van der Waals surface area contributed by atoms with Crippen LogP contribution in [0.3, 0.4) is 0 Å². The van der Waals surface area contributed by atoms with Gasteiger partial charge in [0.1, 0.15) is 0 Å². The Morgan fingerprint density at radius 2 is 1.90 bits per heavy atom. The smallest absolute Gasteiger partial charge is 0.272 e. The van der Waals surface area contributed by atoms with E-state index in [1.807, 2.05) is 26.0 Å². The molecule has 0 unspecified atom stereocenters. The molecule has 5 heteroatoms. The minimum Gasteiger partial charge on any atom is -0.347 e. The summed E-state index contributed by atoms with van der Waals surface area (Å²) in [5, 5.41) is 13.8. The summed E-state index contributed by atoms with van der Waals surface area (Å²) in [4.78, 5) is 11.7. The van der Waals surface area contributed by atoms with Crippen LogP contribution in [0.4, 0.5) is 11.5 Å². The van der Waals surface area contributed by atoms with Crippen LogP contribution in [0.25, 0.3) is 0 Å². The average Bonchev–Trinajstić information content (AvgIpc) is 2.44. The van der Waals surface area contributed by atoms with E-state index >= 15 is 0 Å². The van der Waals surface area contributed by atoms with Crippen LogP contribution in [0.15, 0.2) is 43.0 Å². The van der Waals surface area contributed by atoms with Gasteiger partial charge in [0.2, 0.25) is 0 Å². The van der Waals surface area contributed by atoms with Crippen LogP contribution in [0.5, 0.6) is 0 Å². The fourth-order valence-corrected chi connectivity index (χ4v) is 1.97. The van der Waals surface area contributed by atoms with Crippen molar-refractivity contribution in [2.75, 3.05) is 11.9 Å². The molecule has 1 amide bonds. The second-order valence-corrected chi connectivity index (χ2v) is 4.80. The molecular weight excluding hydrogens is 264 g/mol. The Morgan fingerprint density at radius 1 is 1.19 bits per heavy atom. The molecule has 21 heavy (non-hydrogen) atoms. The van der Waals surface area contributed by atoms with Gasteiger partial charge in [-0.2, -0.15) is 0 Å². The van der Waals surface area contributed by atoms with Crippen molar-refractivity contribution in [3.8, 4) is 0 Å². The van der Waals surface area contributed by atoms with Crippen LogP contribution in [0, 0.1) is 13.8 Å². The first-order valence-corrected chi connectivity index (χ1v) is 6.66. The number of anilines is 2. The molecule has 5 nitrogen and oxygen atoms in total. The molecular formula is C16H18N4O. The number of amides is 1. The van der Waals surface area contributed by atoms with E-state index < -0.39 is 0 Å². The Morgan fingerprint density at radius 3 is 2.48 bits per heavy atom. The molecule has 0 aliphatic heterocycles. The van der Waals surface area contributed by atoms with Gasteiger partial charge in [-0.05, 0) is 49.2 Å². The zero-order valence-electron chi connectivity index (χ0n) is 12.2. The Kier molecular flexibility index (Phi) is 4.66. The number of rotatable bonds is 5. The van der Waals surface area contributed by atoms with Gasteiger partial charge in [-0.25, -0.2) is 0 Å². The second-order valence-electron chi connectivity index (χ2n) is 4.80. The van der Waals surface area contributed by atoms with Crippen molar-refractivity contribution in [3.63, 3.8) is 0 Å². The molecule has 0 aliphatic rings. The molecule has 108 valence electrons.